The fraction of sp³-hybridized carbons (Fsp3) is 0.0500. The van der Waals surface area contributed by atoms with E-state index in [4.69, 9.17) is 14.7 Å². The minimum Gasteiger partial charge on any atom is -0.372 e. The molecule has 43 heavy (non-hydrogen) atoms. The number of hydrogen-bond acceptors (Lipinski definition) is 3. The molecule has 0 aliphatic heterocycles. The van der Waals surface area contributed by atoms with Crippen LogP contribution in [0.5, 0.6) is 0 Å². The van der Waals surface area contributed by atoms with Crippen LogP contribution in [0.25, 0.3) is 65.9 Å². The molecule has 0 radical (unpaired) electrons. The van der Waals surface area contributed by atoms with Crippen LogP contribution in [0.1, 0.15) is 11.1 Å². The van der Waals surface area contributed by atoms with E-state index >= 15 is 0 Å². The Morgan fingerprint density at radius 2 is 0.651 bits per heavy atom. The fourth-order valence-electron chi connectivity index (χ4n) is 6.12. The predicted octanol–water partition coefficient (Wildman–Crippen LogP) is 10.1. The van der Waals surface area contributed by atoms with Gasteiger partial charge in [0.2, 0.25) is 0 Å². The monoisotopic (exact) mass is 552 g/mol. The van der Waals surface area contributed by atoms with Crippen LogP contribution in [0.15, 0.2) is 146 Å². The van der Waals surface area contributed by atoms with Crippen LogP contribution in [0.3, 0.4) is 0 Å². The zero-order valence-electron chi connectivity index (χ0n) is 23.6. The maximum Gasteiger partial charge on any atom is 0.0721 e. The Hall–Kier alpha value is -5.38. The van der Waals surface area contributed by atoms with Gasteiger partial charge in [0, 0.05) is 32.7 Å². The highest BCUT2D eigenvalue weighted by Crippen LogP contribution is 2.36. The van der Waals surface area contributed by atoms with Gasteiger partial charge in [0.25, 0.3) is 0 Å². The van der Waals surface area contributed by atoms with Gasteiger partial charge in [-0.05, 0) is 46.5 Å². The minimum absolute atomic E-state index is 0.555. The van der Waals surface area contributed by atoms with E-state index in [2.05, 4.69) is 121 Å². The van der Waals surface area contributed by atoms with Crippen molar-refractivity contribution in [3.63, 3.8) is 0 Å². The predicted molar refractivity (Wildman–Crippen MR) is 178 cm³/mol. The van der Waals surface area contributed by atoms with Crippen molar-refractivity contribution in [1.29, 1.82) is 0 Å². The molecule has 3 nitrogen and oxygen atoms in total. The highest BCUT2D eigenvalue weighted by molar-refractivity contribution is 6.10. The van der Waals surface area contributed by atoms with Crippen LogP contribution in [0.4, 0.5) is 0 Å². The zero-order valence-corrected chi connectivity index (χ0v) is 23.6. The number of pyridine rings is 2. The summed E-state index contributed by atoms with van der Waals surface area (Å²) in [6.45, 7) is 1.11. The molecule has 2 heterocycles. The summed E-state index contributed by atoms with van der Waals surface area (Å²) in [5.41, 5.74) is 11.2. The number of nitrogens with zero attached hydrogens (tertiary/aromatic N) is 2. The van der Waals surface area contributed by atoms with Crippen LogP contribution in [-0.2, 0) is 18.0 Å². The van der Waals surface area contributed by atoms with E-state index < -0.39 is 0 Å². The van der Waals surface area contributed by atoms with Crippen molar-refractivity contribution in [3.05, 3.63) is 157 Å². The normalized spacial score (nSPS) is 11.5. The molecule has 0 unspecified atom stereocenters. The number of fused-ring (bicyclic) bond motifs is 4. The quantitative estimate of drug-likeness (QED) is 0.193. The summed E-state index contributed by atoms with van der Waals surface area (Å²) in [5.74, 6) is 0. The second-order valence-electron chi connectivity index (χ2n) is 10.9. The third-order valence-corrected chi connectivity index (χ3v) is 8.20. The van der Waals surface area contributed by atoms with Crippen LogP contribution in [-0.4, -0.2) is 9.97 Å². The topological polar surface area (TPSA) is 35.0 Å². The van der Waals surface area contributed by atoms with Gasteiger partial charge >= 0.3 is 0 Å². The first-order valence-corrected chi connectivity index (χ1v) is 14.6. The van der Waals surface area contributed by atoms with E-state index in [1.54, 1.807) is 0 Å². The molecule has 8 rings (SSSR count). The summed E-state index contributed by atoms with van der Waals surface area (Å²) in [6, 6.07) is 51.0. The van der Waals surface area contributed by atoms with E-state index in [1.807, 2.05) is 24.3 Å². The first-order chi connectivity index (χ1) is 21.3. The third-order valence-electron chi connectivity index (χ3n) is 8.20. The highest BCUT2D eigenvalue weighted by Gasteiger charge is 2.12. The Morgan fingerprint density at radius 3 is 0.977 bits per heavy atom. The van der Waals surface area contributed by atoms with Gasteiger partial charge in [0.15, 0.2) is 0 Å². The zero-order chi connectivity index (χ0) is 28.6. The Bertz CT molecular complexity index is 1980. The number of aromatic nitrogens is 2. The van der Waals surface area contributed by atoms with Crippen molar-refractivity contribution in [1.82, 2.24) is 9.97 Å². The van der Waals surface area contributed by atoms with E-state index in [9.17, 15) is 0 Å². The SMILES string of the molecule is c1ccc2c(-c3ccc(COCc4ccc(-c5c6ccccc6nc6ccccc56)cc4)cc3)c3ccccc3nc2c1. The average molecular weight is 553 g/mol. The van der Waals surface area contributed by atoms with Gasteiger partial charge in [-0.15, -0.1) is 0 Å². The van der Waals surface area contributed by atoms with Crippen LogP contribution >= 0.6 is 0 Å². The molecule has 0 aliphatic rings. The second kappa shape index (κ2) is 10.8. The molecule has 204 valence electrons. The summed E-state index contributed by atoms with van der Waals surface area (Å²) >= 11 is 0. The van der Waals surface area contributed by atoms with Crippen molar-refractivity contribution < 1.29 is 4.74 Å². The number of ether oxygens (including phenoxy) is 1. The minimum atomic E-state index is 0.555. The number of para-hydroxylation sites is 4. The average Bonchev–Trinajstić information content (AvgIpc) is 3.07. The van der Waals surface area contributed by atoms with Crippen molar-refractivity contribution in [2.45, 2.75) is 13.2 Å². The van der Waals surface area contributed by atoms with Crippen LogP contribution < -0.4 is 0 Å². The van der Waals surface area contributed by atoms with Crippen molar-refractivity contribution in [2.75, 3.05) is 0 Å². The van der Waals surface area contributed by atoms with Gasteiger partial charge in [-0.2, -0.15) is 0 Å². The van der Waals surface area contributed by atoms with Gasteiger partial charge < -0.3 is 4.74 Å². The van der Waals surface area contributed by atoms with Crippen LogP contribution in [0.2, 0.25) is 0 Å². The lowest BCUT2D eigenvalue weighted by Crippen LogP contribution is -1.95. The lowest BCUT2D eigenvalue weighted by Gasteiger charge is -2.13. The number of rotatable bonds is 6. The molecule has 2 aromatic heterocycles. The van der Waals surface area contributed by atoms with Gasteiger partial charge in [-0.25, -0.2) is 9.97 Å². The molecule has 0 atom stereocenters. The first-order valence-electron chi connectivity index (χ1n) is 14.6. The molecule has 0 N–H and O–H groups in total. The molecule has 3 heteroatoms. The van der Waals surface area contributed by atoms with Crippen molar-refractivity contribution in [2.24, 2.45) is 0 Å². The van der Waals surface area contributed by atoms with Crippen molar-refractivity contribution >= 4 is 43.6 Å². The number of hydrogen-bond donors (Lipinski definition) is 0. The molecule has 0 amide bonds. The molecule has 0 spiro atoms. The molecule has 0 saturated carbocycles. The molecule has 8 aromatic rings. The van der Waals surface area contributed by atoms with Gasteiger partial charge in [0.05, 0.1) is 35.3 Å². The van der Waals surface area contributed by atoms with E-state index in [0.29, 0.717) is 13.2 Å². The summed E-state index contributed by atoms with van der Waals surface area (Å²) in [5, 5.41) is 4.67. The Balaban J connectivity index is 1.01. The van der Waals surface area contributed by atoms with E-state index in [0.717, 1.165) is 33.2 Å². The summed E-state index contributed by atoms with van der Waals surface area (Å²) in [6.07, 6.45) is 0. The second-order valence-corrected chi connectivity index (χ2v) is 10.9. The summed E-state index contributed by atoms with van der Waals surface area (Å²) < 4.78 is 6.16. The van der Waals surface area contributed by atoms with E-state index in [1.165, 1.54) is 43.8 Å². The summed E-state index contributed by atoms with van der Waals surface area (Å²) in [4.78, 5) is 9.75. The molecular weight excluding hydrogens is 524 g/mol. The lowest BCUT2D eigenvalue weighted by molar-refractivity contribution is 0.107. The Morgan fingerprint density at radius 1 is 0.349 bits per heavy atom. The van der Waals surface area contributed by atoms with Crippen LogP contribution in [0, 0.1) is 0 Å². The standard InChI is InChI=1S/C40H28N2O/c1-5-13-35-31(9-1)39(32-10-2-6-14-36(32)41-35)29-21-17-27(18-22-29)25-43-26-28-19-23-30(24-20-28)40-33-11-3-7-15-37(33)42-38-16-8-4-12-34(38)40/h1-24H,25-26H2. The number of benzene rings is 6. The molecule has 6 aromatic carbocycles. The maximum absolute atomic E-state index is 6.16. The molecule has 0 bridgehead atoms. The molecule has 0 fully saturated rings. The Labute approximate surface area is 250 Å². The van der Waals surface area contributed by atoms with Gasteiger partial charge in [-0.3, -0.25) is 0 Å². The van der Waals surface area contributed by atoms with Gasteiger partial charge in [-0.1, -0.05) is 121 Å². The molecule has 0 aliphatic carbocycles. The molecule has 0 saturated heterocycles. The molecular formula is C40H28N2O. The van der Waals surface area contributed by atoms with E-state index in [-0.39, 0.29) is 0 Å². The smallest absolute Gasteiger partial charge is 0.0721 e. The third kappa shape index (κ3) is 4.70. The Kier molecular flexibility index (Phi) is 6.36. The van der Waals surface area contributed by atoms with Gasteiger partial charge in [0.1, 0.15) is 0 Å². The van der Waals surface area contributed by atoms with Crippen molar-refractivity contribution in [3.8, 4) is 22.3 Å². The fourth-order valence-corrected chi connectivity index (χ4v) is 6.12. The maximum atomic E-state index is 6.16. The summed E-state index contributed by atoms with van der Waals surface area (Å²) in [7, 11) is 0. The highest BCUT2D eigenvalue weighted by atomic mass is 16.5. The lowest BCUT2D eigenvalue weighted by atomic mass is 9.95. The largest absolute Gasteiger partial charge is 0.372 e. The first kappa shape index (κ1) is 25.3.